The number of rotatable bonds is 6. The molecule has 1 atom stereocenters. The monoisotopic (exact) mass is 306 g/mol. The predicted octanol–water partition coefficient (Wildman–Crippen LogP) is 3.83. The van der Waals surface area contributed by atoms with Gasteiger partial charge in [-0.15, -0.1) is 0 Å². The van der Waals surface area contributed by atoms with E-state index in [4.69, 9.17) is 0 Å². The summed E-state index contributed by atoms with van der Waals surface area (Å²) in [5.74, 6) is 1.27. The zero-order valence-electron chi connectivity index (χ0n) is 13.1. The predicted molar refractivity (Wildman–Crippen MR) is 92.4 cm³/mol. The number of carbonyl (C=O) groups excluding carboxylic acids is 1. The minimum absolute atomic E-state index is 0.0415. The second-order valence-corrected chi connectivity index (χ2v) is 7.08. The van der Waals surface area contributed by atoms with Crippen molar-refractivity contribution in [1.82, 2.24) is 5.32 Å². The van der Waals surface area contributed by atoms with Crippen LogP contribution in [0.4, 0.5) is 5.69 Å². The SMILES string of the molecule is CCCNc1cc(C)ccc1C(=O)NCC1CCCCS1. The first-order valence-corrected chi connectivity index (χ1v) is 9.00. The number of thioether (sulfide) groups is 1. The van der Waals surface area contributed by atoms with Crippen molar-refractivity contribution in [2.24, 2.45) is 0 Å². The van der Waals surface area contributed by atoms with Crippen molar-refractivity contribution in [2.75, 3.05) is 24.2 Å². The maximum absolute atomic E-state index is 12.4. The van der Waals surface area contributed by atoms with Gasteiger partial charge in [0.25, 0.3) is 5.91 Å². The zero-order chi connectivity index (χ0) is 15.1. The van der Waals surface area contributed by atoms with Crippen molar-refractivity contribution in [1.29, 1.82) is 0 Å². The number of carbonyl (C=O) groups is 1. The van der Waals surface area contributed by atoms with Gasteiger partial charge in [-0.1, -0.05) is 19.4 Å². The molecule has 1 unspecified atom stereocenters. The fourth-order valence-corrected chi connectivity index (χ4v) is 3.77. The van der Waals surface area contributed by atoms with E-state index in [1.54, 1.807) is 0 Å². The molecule has 0 saturated carbocycles. The summed E-state index contributed by atoms with van der Waals surface area (Å²) in [6.07, 6.45) is 4.88. The van der Waals surface area contributed by atoms with Crippen molar-refractivity contribution >= 4 is 23.4 Å². The van der Waals surface area contributed by atoms with E-state index in [0.29, 0.717) is 5.25 Å². The highest BCUT2D eigenvalue weighted by atomic mass is 32.2. The van der Waals surface area contributed by atoms with Crippen LogP contribution in [0.15, 0.2) is 18.2 Å². The summed E-state index contributed by atoms with van der Waals surface area (Å²) < 4.78 is 0. The fraction of sp³-hybridized carbons (Fsp3) is 0.588. The van der Waals surface area contributed by atoms with Crippen LogP contribution in [0.25, 0.3) is 0 Å². The highest BCUT2D eigenvalue weighted by Gasteiger charge is 2.16. The number of nitrogens with one attached hydrogen (secondary N) is 2. The topological polar surface area (TPSA) is 41.1 Å². The van der Waals surface area contributed by atoms with E-state index in [-0.39, 0.29) is 5.91 Å². The number of hydrogen-bond donors (Lipinski definition) is 2. The van der Waals surface area contributed by atoms with E-state index in [9.17, 15) is 4.79 Å². The van der Waals surface area contributed by atoms with E-state index in [0.717, 1.165) is 30.8 Å². The Bertz CT molecular complexity index is 470. The van der Waals surface area contributed by atoms with E-state index in [1.165, 1.54) is 30.6 Å². The van der Waals surface area contributed by atoms with Crippen LogP contribution in [-0.2, 0) is 0 Å². The van der Waals surface area contributed by atoms with E-state index >= 15 is 0 Å². The van der Waals surface area contributed by atoms with Gasteiger partial charge in [-0.3, -0.25) is 4.79 Å². The molecule has 1 amide bonds. The summed E-state index contributed by atoms with van der Waals surface area (Å²) in [6, 6.07) is 5.98. The van der Waals surface area contributed by atoms with Crippen LogP contribution >= 0.6 is 11.8 Å². The first-order valence-electron chi connectivity index (χ1n) is 7.95. The summed E-state index contributed by atoms with van der Waals surface area (Å²) in [7, 11) is 0. The van der Waals surface area contributed by atoms with Gasteiger partial charge < -0.3 is 10.6 Å². The van der Waals surface area contributed by atoms with Crippen LogP contribution < -0.4 is 10.6 Å². The van der Waals surface area contributed by atoms with Crippen molar-refractivity contribution in [3.63, 3.8) is 0 Å². The van der Waals surface area contributed by atoms with Crippen molar-refractivity contribution in [3.8, 4) is 0 Å². The molecule has 0 spiro atoms. The summed E-state index contributed by atoms with van der Waals surface area (Å²) in [4.78, 5) is 12.4. The lowest BCUT2D eigenvalue weighted by Crippen LogP contribution is -2.32. The van der Waals surface area contributed by atoms with Crippen LogP contribution in [0.2, 0.25) is 0 Å². The molecule has 1 fully saturated rings. The molecule has 21 heavy (non-hydrogen) atoms. The Morgan fingerprint density at radius 2 is 2.24 bits per heavy atom. The first kappa shape index (κ1) is 16.2. The number of anilines is 1. The van der Waals surface area contributed by atoms with Crippen molar-refractivity contribution < 1.29 is 4.79 Å². The Morgan fingerprint density at radius 3 is 2.95 bits per heavy atom. The Kier molecular flexibility index (Phi) is 6.43. The molecular weight excluding hydrogens is 280 g/mol. The zero-order valence-corrected chi connectivity index (χ0v) is 13.9. The molecular formula is C17H26N2OS. The van der Waals surface area contributed by atoms with Crippen molar-refractivity contribution in [3.05, 3.63) is 29.3 Å². The van der Waals surface area contributed by atoms with Gasteiger partial charge in [-0.2, -0.15) is 11.8 Å². The van der Waals surface area contributed by atoms with Gasteiger partial charge in [-0.05, 0) is 49.6 Å². The molecule has 1 aliphatic heterocycles. The largest absolute Gasteiger partial charge is 0.384 e. The minimum atomic E-state index is 0.0415. The van der Waals surface area contributed by atoms with E-state index in [1.807, 2.05) is 23.9 Å². The van der Waals surface area contributed by atoms with Crippen LogP contribution in [0.3, 0.4) is 0 Å². The first-order chi connectivity index (χ1) is 10.2. The molecule has 2 N–H and O–H groups in total. The van der Waals surface area contributed by atoms with Gasteiger partial charge in [0.1, 0.15) is 0 Å². The van der Waals surface area contributed by atoms with Crippen LogP contribution in [0, 0.1) is 6.92 Å². The maximum atomic E-state index is 12.4. The molecule has 4 heteroatoms. The number of aryl methyl sites for hydroxylation is 1. The molecule has 0 radical (unpaired) electrons. The quantitative estimate of drug-likeness (QED) is 0.839. The molecule has 0 bridgehead atoms. The van der Waals surface area contributed by atoms with Gasteiger partial charge in [0, 0.05) is 24.0 Å². The number of hydrogen-bond acceptors (Lipinski definition) is 3. The highest BCUT2D eigenvalue weighted by molar-refractivity contribution is 7.99. The highest BCUT2D eigenvalue weighted by Crippen LogP contribution is 2.24. The van der Waals surface area contributed by atoms with Gasteiger partial charge in [0.2, 0.25) is 0 Å². The van der Waals surface area contributed by atoms with E-state index < -0.39 is 0 Å². The smallest absolute Gasteiger partial charge is 0.253 e. The van der Waals surface area contributed by atoms with Crippen LogP contribution in [0.1, 0.15) is 48.5 Å². The lowest BCUT2D eigenvalue weighted by Gasteiger charge is -2.21. The molecule has 3 nitrogen and oxygen atoms in total. The van der Waals surface area contributed by atoms with Gasteiger partial charge in [0.05, 0.1) is 5.56 Å². The van der Waals surface area contributed by atoms with Crippen LogP contribution in [-0.4, -0.2) is 30.0 Å². The number of amides is 1. The molecule has 2 rings (SSSR count). The number of benzene rings is 1. The van der Waals surface area contributed by atoms with Crippen LogP contribution in [0.5, 0.6) is 0 Å². The molecule has 1 heterocycles. The average molecular weight is 306 g/mol. The third-order valence-electron chi connectivity index (χ3n) is 3.75. The standard InChI is InChI=1S/C17H26N2OS/c1-3-9-18-16-11-13(2)7-8-15(16)17(20)19-12-14-6-4-5-10-21-14/h7-8,11,14,18H,3-6,9-10,12H2,1-2H3,(H,19,20). The fourth-order valence-electron chi connectivity index (χ4n) is 2.53. The maximum Gasteiger partial charge on any atom is 0.253 e. The summed E-state index contributed by atoms with van der Waals surface area (Å²) >= 11 is 1.99. The lowest BCUT2D eigenvalue weighted by molar-refractivity contribution is 0.0954. The second-order valence-electron chi connectivity index (χ2n) is 5.67. The molecule has 1 aromatic carbocycles. The summed E-state index contributed by atoms with van der Waals surface area (Å²) in [6.45, 7) is 5.85. The van der Waals surface area contributed by atoms with Crippen molar-refractivity contribution in [2.45, 2.75) is 44.8 Å². The Hall–Kier alpha value is -1.16. The molecule has 0 aliphatic carbocycles. The third-order valence-corrected chi connectivity index (χ3v) is 5.15. The van der Waals surface area contributed by atoms with Gasteiger partial charge in [0.15, 0.2) is 0 Å². The minimum Gasteiger partial charge on any atom is -0.384 e. The normalized spacial score (nSPS) is 18.3. The lowest BCUT2D eigenvalue weighted by atomic mass is 10.1. The molecule has 116 valence electrons. The Labute approximate surface area is 132 Å². The Balaban J connectivity index is 1.96. The Morgan fingerprint density at radius 1 is 1.38 bits per heavy atom. The summed E-state index contributed by atoms with van der Waals surface area (Å²) in [5.41, 5.74) is 2.88. The second kappa shape index (κ2) is 8.32. The molecule has 1 saturated heterocycles. The van der Waals surface area contributed by atoms with E-state index in [2.05, 4.69) is 30.5 Å². The average Bonchev–Trinajstić information content (AvgIpc) is 2.51. The van der Waals surface area contributed by atoms with Gasteiger partial charge in [-0.25, -0.2) is 0 Å². The molecule has 0 aromatic heterocycles. The molecule has 1 aliphatic rings. The molecule has 1 aromatic rings. The third kappa shape index (κ3) is 4.95. The summed E-state index contributed by atoms with van der Waals surface area (Å²) in [5, 5.41) is 7.05. The van der Waals surface area contributed by atoms with Gasteiger partial charge >= 0.3 is 0 Å².